The van der Waals surface area contributed by atoms with Gasteiger partial charge in [0, 0.05) is 12.1 Å². The van der Waals surface area contributed by atoms with Crippen molar-refractivity contribution in [1.29, 1.82) is 0 Å². The summed E-state index contributed by atoms with van der Waals surface area (Å²) < 4.78 is 36.6. The second-order valence-electron chi connectivity index (χ2n) is 7.19. The molecule has 31 heavy (non-hydrogen) atoms. The van der Waals surface area contributed by atoms with Gasteiger partial charge in [0.05, 0.1) is 22.9 Å². The predicted molar refractivity (Wildman–Crippen MR) is 114 cm³/mol. The molecule has 166 valence electrons. The van der Waals surface area contributed by atoms with Crippen LogP contribution in [-0.2, 0) is 14.8 Å². The van der Waals surface area contributed by atoms with Gasteiger partial charge >= 0.3 is 0 Å². The monoisotopic (exact) mass is 449 g/mol. The first kappa shape index (κ1) is 22.3. The largest absolute Gasteiger partial charge is 0.486 e. The number of amides is 1. The first-order valence-corrected chi connectivity index (χ1v) is 11.3. The minimum absolute atomic E-state index is 0.0823. The number of benzene rings is 2. The van der Waals surface area contributed by atoms with Gasteiger partial charge in [0.1, 0.15) is 19.8 Å². The zero-order chi connectivity index (χ0) is 22.8. The second-order valence-corrected chi connectivity index (χ2v) is 9.10. The Morgan fingerprint density at radius 2 is 1.87 bits per heavy atom. The highest BCUT2D eigenvalue weighted by Crippen LogP contribution is 2.32. The van der Waals surface area contributed by atoms with Crippen LogP contribution in [0.25, 0.3) is 0 Å². The Morgan fingerprint density at radius 3 is 2.52 bits per heavy atom. The number of carbonyl (C=O) groups is 1. The van der Waals surface area contributed by atoms with Crippen molar-refractivity contribution in [2.45, 2.75) is 19.9 Å². The average molecular weight is 449 g/mol. The smallest absolute Gasteiger partial charge is 0.271 e. The number of hydrogen-bond donors (Lipinski definition) is 1. The van der Waals surface area contributed by atoms with Gasteiger partial charge in [0.2, 0.25) is 15.9 Å². The van der Waals surface area contributed by atoms with Crippen molar-refractivity contribution in [3.63, 3.8) is 0 Å². The van der Waals surface area contributed by atoms with Crippen molar-refractivity contribution in [1.82, 2.24) is 5.32 Å². The maximum Gasteiger partial charge on any atom is 0.271 e. The number of rotatable bonds is 7. The molecule has 3 rings (SSSR count). The molecule has 0 spiro atoms. The van der Waals surface area contributed by atoms with Crippen LogP contribution >= 0.6 is 0 Å². The lowest BCUT2D eigenvalue weighted by Crippen LogP contribution is -2.41. The normalized spacial score (nSPS) is 13.9. The molecule has 2 aromatic rings. The number of aryl methyl sites for hydroxylation is 1. The summed E-state index contributed by atoms with van der Waals surface area (Å²) in [5, 5.41) is 13.9. The van der Waals surface area contributed by atoms with Crippen LogP contribution in [-0.4, -0.2) is 45.3 Å². The van der Waals surface area contributed by atoms with E-state index in [9.17, 15) is 23.3 Å². The molecule has 0 unspecified atom stereocenters. The van der Waals surface area contributed by atoms with Gasteiger partial charge in [-0.2, -0.15) is 0 Å². The molecular formula is C20H23N3O7S. The van der Waals surface area contributed by atoms with E-state index < -0.39 is 33.4 Å². The molecule has 1 heterocycles. The molecule has 0 aliphatic carbocycles. The number of nitro groups is 1. The van der Waals surface area contributed by atoms with E-state index in [2.05, 4.69) is 5.32 Å². The molecule has 1 aliphatic rings. The molecule has 0 radical (unpaired) electrons. The Bertz CT molecular complexity index is 1120. The van der Waals surface area contributed by atoms with Crippen molar-refractivity contribution in [2.75, 3.05) is 30.3 Å². The predicted octanol–water partition coefficient (Wildman–Crippen LogP) is 2.32. The number of sulfonamides is 1. The Labute approximate surface area is 180 Å². The number of ether oxygens (including phenoxy) is 2. The molecule has 1 aliphatic heterocycles. The van der Waals surface area contributed by atoms with E-state index in [1.807, 2.05) is 0 Å². The number of nitro benzene ring substituents is 1. The summed E-state index contributed by atoms with van der Waals surface area (Å²) in [4.78, 5) is 23.2. The molecule has 0 saturated heterocycles. The fourth-order valence-corrected chi connectivity index (χ4v) is 4.10. The Balaban J connectivity index is 1.79. The topological polar surface area (TPSA) is 128 Å². The van der Waals surface area contributed by atoms with Crippen molar-refractivity contribution in [3.05, 3.63) is 57.6 Å². The molecule has 0 fully saturated rings. The Hall–Kier alpha value is -3.34. The fourth-order valence-electron chi connectivity index (χ4n) is 3.19. The van der Waals surface area contributed by atoms with Gasteiger partial charge in [-0.15, -0.1) is 0 Å². The van der Waals surface area contributed by atoms with Gasteiger partial charge in [-0.05, 0) is 37.1 Å². The van der Waals surface area contributed by atoms with E-state index in [1.54, 1.807) is 32.0 Å². The van der Waals surface area contributed by atoms with E-state index in [1.165, 1.54) is 12.1 Å². The Kier molecular flexibility index (Phi) is 6.34. The maximum atomic E-state index is 12.7. The number of carbonyl (C=O) groups excluding carboxylic acids is 1. The highest BCUT2D eigenvalue weighted by Gasteiger charge is 2.25. The lowest BCUT2D eigenvalue weighted by molar-refractivity contribution is -0.384. The van der Waals surface area contributed by atoms with Crippen molar-refractivity contribution >= 4 is 27.3 Å². The second kappa shape index (κ2) is 8.80. The van der Waals surface area contributed by atoms with Crippen LogP contribution in [0.15, 0.2) is 36.4 Å². The number of non-ortho nitro benzene ring substituents is 1. The van der Waals surface area contributed by atoms with Gasteiger partial charge in [0.25, 0.3) is 5.69 Å². The molecule has 0 aromatic heterocycles. The van der Waals surface area contributed by atoms with E-state index in [-0.39, 0.29) is 11.4 Å². The van der Waals surface area contributed by atoms with Crippen LogP contribution in [0, 0.1) is 17.0 Å². The van der Waals surface area contributed by atoms with E-state index in [0.717, 1.165) is 22.2 Å². The van der Waals surface area contributed by atoms with Crippen molar-refractivity contribution in [2.24, 2.45) is 0 Å². The lowest BCUT2D eigenvalue weighted by Gasteiger charge is -2.25. The van der Waals surface area contributed by atoms with Gasteiger partial charge in [0.15, 0.2) is 11.5 Å². The summed E-state index contributed by atoms with van der Waals surface area (Å²) in [5.74, 6) is 0.645. The quantitative estimate of drug-likeness (QED) is 0.507. The molecule has 1 N–H and O–H groups in total. The van der Waals surface area contributed by atoms with Crippen LogP contribution in [0.5, 0.6) is 11.5 Å². The lowest BCUT2D eigenvalue weighted by atomic mass is 10.1. The van der Waals surface area contributed by atoms with Crippen LogP contribution in [0.1, 0.15) is 24.1 Å². The first-order chi connectivity index (χ1) is 14.6. The zero-order valence-electron chi connectivity index (χ0n) is 17.3. The third-order valence-corrected chi connectivity index (χ3v) is 5.93. The van der Waals surface area contributed by atoms with Gasteiger partial charge in [-0.25, -0.2) is 8.42 Å². The number of anilines is 1. The highest BCUT2D eigenvalue weighted by atomic mass is 32.2. The van der Waals surface area contributed by atoms with Crippen molar-refractivity contribution in [3.8, 4) is 11.5 Å². The molecule has 11 heteroatoms. The average Bonchev–Trinajstić information content (AvgIpc) is 2.71. The van der Waals surface area contributed by atoms with E-state index in [0.29, 0.717) is 30.3 Å². The zero-order valence-corrected chi connectivity index (χ0v) is 18.1. The summed E-state index contributed by atoms with van der Waals surface area (Å²) in [6, 6.07) is 8.74. The molecule has 0 saturated carbocycles. The van der Waals surface area contributed by atoms with Gasteiger partial charge in [-0.3, -0.25) is 19.2 Å². The number of nitrogens with zero attached hydrogens (tertiary/aromatic N) is 2. The Morgan fingerprint density at radius 1 is 1.19 bits per heavy atom. The third kappa shape index (κ3) is 5.23. The molecule has 1 atom stereocenters. The summed E-state index contributed by atoms with van der Waals surface area (Å²) in [5.41, 5.74) is 1.07. The minimum atomic E-state index is -3.88. The summed E-state index contributed by atoms with van der Waals surface area (Å²) in [6.45, 7) is 3.76. The molecular weight excluding hydrogens is 426 g/mol. The number of hydrogen-bond acceptors (Lipinski definition) is 7. The van der Waals surface area contributed by atoms with Crippen LogP contribution in [0.4, 0.5) is 11.4 Å². The highest BCUT2D eigenvalue weighted by molar-refractivity contribution is 7.92. The summed E-state index contributed by atoms with van der Waals surface area (Å²) in [6.07, 6.45) is 0.947. The van der Waals surface area contributed by atoms with Crippen molar-refractivity contribution < 1.29 is 27.6 Å². The molecule has 0 bridgehead atoms. The minimum Gasteiger partial charge on any atom is -0.486 e. The van der Waals surface area contributed by atoms with E-state index >= 15 is 0 Å². The fraction of sp³-hybridized carbons (Fsp3) is 0.350. The van der Waals surface area contributed by atoms with Gasteiger partial charge < -0.3 is 14.8 Å². The molecule has 2 aromatic carbocycles. The number of nitrogens with one attached hydrogen (secondary N) is 1. The third-order valence-electron chi connectivity index (χ3n) is 4.80. The maximum absolute atomic E-state index is 12.7. The molecule has 10 nitrogen and oxygen atoms in total. The van der Waals surface area contributed by atoms with Crippen LogP contribution < -0.4 is 19.1 Å². The first-order valence-electron chi connectivity index (χ1n) is 9.48. The standard InChI is InChI=1S/C20H23N3O7S/c1-13-4-6-16(23(25)26)11-17(13)22(31(3,27)28)12-20(24)21-14(2)15-5-7-18-19(10-15)30-9-8-29-18/h4-7,10-11,14H,8-9,12H2,1-3H3,(H,21,24)/t14-/m1/s1. The van der Waals surface area contributed by atoms with Crippen LogP contribution in [0.3, 0.4) is 0 Å². The van der Waals surface area contributed by atoms with E-state index in [4.69, 9.17) is 9.47 Å². The SMILES string of the molecule is Cc1ccc([N+](=O)[O-])cc1N(CC(=O)N[C@H](C)c1ccc2c(c1)OCCO2)S(C)(=O)=O. The van der Waals surface area contributed by atoms with Crippen LogP contribution in [0.2, 0.25) is 0 Å². The molecule has 1 amide bonds. The van der Waals surface area contributed by atoms with Gasteiger partial charge in [-0.1, -0.05) is 12.1 Å². The number of fused-ring (bicyclic) bond motifs is 1. The summed E-state index contributed by atoms with van der Waals surface area (Å²) >= 11 is 0. The summed E-state index contributed by atoms with van der Waals surface area (Å²) in [7, 11) is -3.88.